The maximum atomic E-state index is 11.0. The van der Waals surface area contributed by atoms with Crippen LogP contribution in [0.2, 0.25) is 0 Å². The summed E-state index contributed by atoms with van der Waals surface area (Å²) in [6.45, 7) is 3.97. The topological polar surface area (TPSA) is 77.4 Å². The Hall–Kier alpha value is 0.870. The predicted octanol–water partition coefficient (Wildman–Crippen LogP) is -0.574. The molecule has 2 unspecified atom stereocenters. The Labute approximate surface area is 134 Å². The van der Waals surface area contributed by atoms with Crippen molar-refractivity contribution in [1.29, 1.82) is 0 Å². The van der Waals surface area contributed by atoms with Crippen LogP contribution in [0.1, 0.15) is 65.2 Å². The summed E-state index contributed by atoms with van der Waals surface area (Å²) in [5.41, 5.74) is 0. The van der Waals surface area contributed by atoms with Gasteiger partial charge in [-0.2, -0.15) is 0 Å². The van der Waals surface area contributed by atoms with Crippen molar-refractivity contribution in [3.05, 3.63) is 0 Å². The molecule has 0 radical (unpaired) electrons. The Morgan fingerprint density at radius 3 is 2.00 bits per heavy atom. The molecular formula is C12H25NaO4S. The van der Waals surface area contributed by atoms with E-state index in [2.05, 4.69) is 0 Å². The van der Waals surface area contributed by atoms with Crippen LogP contribution >= 0.6 is 0 Å². The van der Waals surface area contributed by atoms with E-state index in [1.54, 1.807) is 0 Å². The van der Waals surface area contributed by atoms with Crippen LogP contribution in [0.5, 0.6) is 0 Å². The molecule has 0 aliphatic heterocycles. The molecule has 0 fully saturated rings. The fourth-order valence-electron chi connectivity index (χ4n) is 1.92. The molecule has 0 spiro atoms. The van der Waals surface area contributed by atoms with E-state index in [-0.39, 0.29) is 35.7 Å². The van der Waals surface area contributed by atoms with Gasteiger partial charge in [0.15, 0.2) is 0 Å². The van der Waals surface area contributed by atoms with E-state index in [0.29, 0.717) is 25.7 Å². The Morgan fingerprint density at radius 2 is 1.56 bits per heavy atom. The van der Waals surface area contributed by atoms with Gasteiger partial charge in [0.05, 0.1) is 16.2 Å². The maximum absolute atomic E-state index is 11.0. The van der Waals surface area contributed by atoms with E-state index in [1.165, 1.54) is 0 Å². The van der Waals surface area contributed by atoms with Gasteiger partial charge in [-0.05, 0) is 32.1 Å². The number of aliphatic hydroxyl groups excluding tert-OH is 1. The average molecular weight is 288 g/mol. The van der Waals surface area contributed by atoms with Crippen molar-refractivity contribution < 1.29 is 47.6 Å². The standard InChI is InChI=1S/C12H26O4S.Na/c1-3-5-9-12(17(14,15)16)10-6-8-11(13)7-4-2;/h11-13H,3-10H2,1-2H3,(H,14,15,16);/q;+1/p-1. The Balaban J connectivity index is 0. The Morgan fingerprint density at radius 1 is 1.00 bits per heavy atom. The second-order valence-electron chi connectivity index (χ2n) is 4.63. The molecule has 0 rings (SSSR count). The largest absolute Gasteiger partial charge is 1.00 e. The molecular weight excluding hydrogens is 263 g/mol. The summed E-state index contributed by atoms with van der Waals surface area (Å²) in [6, 6.07) is 0. The van der Waals surface area contributed by atoms with Gasteiger partial charge in [0, 0.05) is 5.25 Å². The third kappa shape index (κ3) is 10.8. The van der Waals surface area contributed by atoms with Crippen molar-refractivity contribution in [1.82, 2.24) is 0 Å². The van der Waals surface area contributed by atoms with Crippen LogP contribution in [0, 0.1) is 0 Å². The van der Waals surface area contributed by atoms with Crippen molar-refractivity contribution in [2.75, 3.05) is 0 Å². The van der Waals surface area contributed by atoms with Gasteiger partial charge >= 0.3 is 29.6 Å². The average Bonchev–Trinajstić information content (AvgIpc) is 2.21. The fraction of sp³-hybridized carbons (Fsp3) is 1.00. The molecule has 6 heteroatoms. The molecule has 18 heavy (non-hydrogen) atoms. The van der Waals surface area contributed by atoms with Crippen LogP contribution in [-0.4, -0.2) is 29.4 Å². The molecule has 2 atom stereocenters. The van der Waals surface area contributed by atoms with Crippen LogP contribution in [0.3, 0.4) is 0 Å². The number of hydrogen-bond acceptors (Lipinski definition) is 4. The summed E-state index contributed by atoms with van der Waals surface area (Å²) in [6.07, 6.45) is 4.99. The third-order valence-electron chi connectivity index (χ3n) is 2.97. The first-order valence-corrected chi connectivity index (χ1v) is 8.01. The van der Waals surface area contributed by atoms with Crippen molar-refractivity contribution in [3.8, 4) is 0 Å². The molecule has 0 amide bonds. The van der Waals surface area contributed by atoms with Gasteiger partial charge in [0.25, 0.3) is 0 Å². The SMILES string of the molecule is CCCCC(CCCC(O)CCC)S(=O)(=O)[O-].[Na+]. The molecule has 0 aliphatic carbocycles. The van der Waals surface area contributed by atoms with Crippen LogP contribution in [0.25, 0.3) is 0 Å². The molecule has 0 aliphatic rings. The van der Waals surface area contributed by atoms with E-state index >= 15 is 0 Å². The molecule has 0 aromatic carbocycles. The summed E-state index contributed by atoms with van der Waals surface area (Å²) < 4.78 is 33.1. The zero-order chi connectivity index (χ0) is 13.3. The van der Waals surface area contributed by atoms with Crippen molar-refractivity contribution >= 4 is 10.1 Å². The molecule has 1 N–H and O–H groups in total. The fourth-order valence-corrected chi connectivity index (χ4v) is 2.83. The Kier molecular flexibility index (Phi) is 13.7. The maximum Gasteiger partial charge on any atom is 1.00 e. The van der Waals surface area contributed by atoms with Crippen molar-refractivity contribution in [3.63, 3.8) is 0 Å². The molecule has 0 bridgehead atoms. The number of hydrogen-bond donors (Lipinski definition) is 1. The Bertz CT molecular complexity index is 280. The van der Waals surface area contributed by atoms with E-state index in [0.717, 1.165) is 25.7 Å². The molecule has 0 saturated carbocycles. The predicted molar refractivity (Wildman–Crippen MR) is 67.8 cm³/mol. The summed E-state index contributed by atoms with van der Waals surface area (Å²) in [4.78, 5) is 0. The smallest absolute Gasteiger partial charge is 0.748 e. The first kappa shape index (κ1) is 21.2. The summed E-state index contributed by atoms with van der Waals surface area (Å²) in [5, 5.41) is 8.75. The zero-order valence-corrected chi connectivity index (χ0v) is 14.7. The van der Waals surface area contributed by atoms with Gasteiger partial charge in [-0.15, -0.1) is 0 Å². The minimum absolute atomic E-state index is 0. The van der Waals surface area contributed by atoms with E-state index in [4.69, 9.17) is 0 Å². The van der Waals surface area contributed by atoms with Gasteiger partial charge in [-0.25, -0.2) is 8.42 Å². The summed E-state index contributed by atoms with van der Waals surface area (Å²) >= 11 is 0. The van der Waals surface area contributed by atoms with Crippen molar-refractivity contribution in [2.24, 2.45) is 0 Å². The normalized spacial score (nSPS) is 14.9. The van der Waals surface area contributed by atoms with Crippen molar-refractivity contribution in [2.45, 2.75) is 76.6 Å². The first-order valence-electron chi connectivity index (χ1n) is 6.54. The molecule has 0 saturated heterocycles. The second-order valence-corrected chi connectivity index (χ2v) is 6.28. The van der Waals surface area contributed by atoms with Gasteiger partial charge in [0.1, 0.15) is 0 Å². The first-order chi connectivity index (χ1) is 7.91. The zero-order valence-electron chi connectivity index (χ0n) is 11.9. The summed E-state index contributed by atoms with van der Waals surface area (Å²) in [5.74, 6) is 0. The minimum Gasteiger partial charge on any atom is -0.748 e. The van der Waals surface area contributed by atoms with Crippen LogP contribution in [0.15, 0.2) is 0 Å². The van der Waals surface area contributed by atoms with Gasteiger partial charge < -0.3 is 9.66 Å². The van der Waals surface area contributed by atoms with E-state index in [9.17, 15) is 18.1 Å². The summed E-state index contributed by atoms with van der Waals surface area (Å²) in [7, 11) is -4.18. The molecule has 0 aromatic rings. The second kappa shape index (κ2) is 11.7. The van der Waals surface area contributed by atoms with Crippen LogP contribution in [0.4, 0.5) is 0 Å². The number of aliphatic hydroxyl groups is 1. The van der Waals surface area contributed by atoms with Gasteiger partial charge in [0.2, 0.25) is 0 Å². The monoisotopic (exact) mass is 288 g/mol. The number of unbranched alkanes of at least 4 members (excludes halogenated alkanes) is 1. The molecule has 104 valence electrons. The van der Waals surface area contributed by atoms with Gasteiger partial charge in [-0.1, -0.05) is 33.1 Å². The van der Waals surface area contributed by atoms with E-state index < -0.39 is 15.4 Å². The van der Waals surface area contributed by atoms with Crippen LogP contribution in [-0.2, 0) is 10.1 Å². The minimum atomic E-state index is -4.18. The molecule has 4 nitrogen and oxygen atoms in total. The molecule has 0 heterocycles. The quantitative estimate of drug-likeness (QED) is 0.431. The number of rotatable bonds is 10. The third-order valence-corrected chi connectivity index (χ3v) is 4.26. The molecule has 0 aromatic heterocycles. The van der Waals surface area contributed by atoms with Gasteiger partial charge in [-0.3, -0.25) is 0 Å². The van der Waals surface area contributed by atoms with Crippen LogP contribution < -0.4 is 29.6 Å². The van der Waals surface area contributed by atoms with E-state index in [1.807, 2.05) is 13.8 Å².